The molecule has 0 bridgehead atoms. The molecule has 0 aromatic heterocycles. The third-order valence-electron chi connectivity index (χ3n) is 5.53. The van der Waals surface area contributed by atoms with E-state index in [0.29, 0.717) is 11.5 Å². The van der Waals surface area contributed by atoms with Gasteiger partial charge in [0.05, 0.1) is 26.3 Å². The number of amides is 4. The molecule has 0 saturated heterocycles. The fraction of sp³-hybridized carbons (Fsp3) is 0.818. The Labute approximate surface area is 223 Å². The Kier molecular flexibility index (Phi) is 15.6. The lowest BCUT2D eigenvalue weighted by molar-refractivity contribution is -0.183. The van der Waals surface area contributed by atoms with Crippen LogP contribution in [0.25, 0.3) is 0 Å². The van der Waals surface area contributed by atoms with E-state index in [-0.39, 0.29) is 39.0 Å². The molecule has 0 radical (unpaired) electrons. The summed E-state index contributed by atoms with van der Waals surface area (Å²) in [6, 6.07) is 0. The lowest BCUT2D eigenvalue weighted by Gasteiger charge is -2.41. The maximum Gasteiger partial charge on any atom is 0.270 e. The first-order chi connectivity index (χ1) is 16.7. The van der Waals surface area contributed by atoms with Gasteiger partial charge in [0.15, 0.2) is 0 Å². The van der Waals surface area contributed by atoms with Gasteiger partial charge >= 0.3 is 0 Å². The maximum atomic E-state index is 13.4. The van der Waals surface area contributed by atoms with E-state index in [2.05, 4.69) is 35.9 Å². The second-order valence-corrected chi connectivity index (χ2v) is 10.6. The number of carbonyl (C=O) groups is 4. The number of carbonyl (C=O) groups excluding carboxylic acids is 4. The smallest absolute Gasteiger partial charge is 0.270 e. The number of hydrazine groups is 1. The molecule has 0 saturated carbocycles. The summed E-state index contributed by atoms with van der Waals surface area (Å²) in [5.41, 5.74) is -2.60. The molecule has 12 nitrogen and oxygen atoms in total. The van der Waals surface area contributed by atoms with Crippen molar-refractivity contribution in [2.24, 2.45) is 10.8 Å². The number of nitrogens with zero attached hydrogens (tertiary/aromatic N) is 2. The van der Waals surface area contributed by atoms with E-state index in [0.717, 1.165) is 10.0 Å². The average Bonchev–Trinajstić information content (AvgIpc) is 2.85. The predicted octanol–water partition coefficient (Wildman–Crippen LogP) is -1.81. The first kappa shape index (κ1) is 34.4. The number of thiol groups is 2. The molecule has 0 aliphatic heterocycles. The van der Waals surface area contributed by atoms with E-state index >= 15 is 0 Å². The zero-order chi connectivity index (χ0) is 28.1. The van der Waals surface area contributed by atoms with Crippen LogP contribution in [0.4, 0.5) is 0 Å². The van der Waals surface area contributed by atoms with Gasteiger partial charge in [-0.1, -0.05) is 27.7 Å². The Bertz CT molecular complexity index is 679. The SMILES string of the molecule is CC(C)(CO)[C@@H](O)C(=O)N(CCC(=O)NCCS)N(CCC(=O)NCCS)C(=O)[C@H](O)C(C)(C)CO. The van der Waals surface area contributed by atoms with Crippen molar-refractivity contribution in [3.63, 3.8) is 0 Å². The summed E-state index contributed by atoms with van der Waals surface area (Å²) < 4.78 is 0. The lowest BCUT2D eigenvalue weighted by Crippen LogP contribution is -2.60. The van der Waals surface area contributed by atoms with Crippen molar-refractivity contribution in [1.82, 2.24) is 20.7 Å². The molecule has 0 fully saturated rings. The van der Waals surface area contributed by atoms with Crippen LogP contribution in [-0.2, 0) is 19.2 Å². The van der Waals surface area contributed by atoms with Crippen LogP contribution in [0.3, 0.4) is 0 Å². The molecule has 0 heterocycles. The van der Waals surface area contributed by atoms with Crippen LogP contribution < -0.4 is 10.6 Å². The van der Waals surface area contributed by atoms with Gasteiger partial charge in [-0.15, -0.1) is 0 Å². The summed E-state index contributed by atoms with van der Waals surface area (Å²) in [5, 5.41) is 47.5. The molecule has 0 unspecified atom stereocenters. The third kappa shape index (κ3) is 10.8. The minimum Gasteiger partial charge on any atom is -0.396 e. The monoisotopic (exact) mass is 554 g/mol. The van der Waals surface area contributed by atoms with Crippen molar-refractivity contribution in [3.05, 3.63) is 0 Å². The quantitative estimate of drug-likeness (QED) is 0.0812. The van der Waals surface area contributed by atoms with Crippen molar-refractivity contribution in [2.75, 3.05) is 50.9 Å². The molecule has 36 heavy (non-hydrogen) atoms. The van der Waals surface area contributed by atoms with Crippen LogP contribution >= 0.6 is 25.3 Å². The Morgan fingerprint density at radius 2 is 1.03 bits per heavy atom. The second kappa shape index (κ2) is 16.3. The van der Waals surface area contributed by atoms with Crippen LogP contribution in [0.1, 0.15) is 40.5 Å². The zero-order valence-electron chi connectivity index (χ0n) is 21.4. The summed E-state index contributed by atoms with van der Waals surface area (Å²) >= 11 is 8.03. The van der Waals surface area contributed by atoms with Gasteiger partial charge in [0.25, 0.3) is 11.8 Å². The van der Waals surface area contributed by atoms with Crippen LogP contribution in [0.2, 0.25) is 0 Å². The molecular formula is C22H42N4O8S2. The van der Waals surface area contributed by atoms with Gasteiger partial charge in [-0.2, -0.15) is 25.3 Å². The molecule has 0 spiro atoms. The minimum atomic E-state index is -1.78. The molecule has 0 rings (SSSR count). The first-order valence-corrected chi connectivity index (χ1v) is 12.9. The third-order valence-corrected chi connectivity index (χ3v) is 5.98. The van der Waals surface area contributed by atoms with Crippen molar-refractivity contribution in [2.45, 2.75) is 52.7 Å². The largest absolute Gasteiger partial charge is 0.396 e. The zero-order valence-corrected chi connectivity index (χ0v) is 23.2. The van der Waals surface area contributed by atoms with Crippen molar-refractivity contribution in [3.8, 4) is 0 Å². The predicted molar refractivity (Wildman–Crippen MR) is 140 cm³/mol. The highest BCUT2D eigenvalue weighted by Gasteiger charge is 2.42. The highest BCUT2D eigenvalue weighted by Crippen LogP contribution is 2.25. The second-order valence-electron chi connectivity index (χ2n) is 9.67. The van der Waals surface area contributed by atoms with Gasteiger partial charge in [0.1, 0.15) is 12.2 Å². The number of rotatable bonds is 16. The van der Waals surface area contributed by atoms with Gasteiger partial charge in [0, 0.05) is 48.3 Å². The van der Waals surface area contributed by atoms with Gasteiger partial charge in [-0.25, -0.2) is 10.0 Å². The summed E-state index contributed by atoms with van der Waals surface area (Å²) in [4.78, 5) is 51.2. The number of aliphatic hydroxyl groups excluding tert-OH is 4. The Morgan fingerprint density at radius 3 is 1.28 bits per heavy atom. The Morgan fingerprint density at radius 1 is 0.722 bits per heavy atom. The summed E-state index contributed by atoms with van der Waals surface area (Å²) in [5.74, 6) is -2.15. The van der Waals surface area contributed by atoms with Crippen molar-refractivity contribution in [1.29, 1.82) is 0 Å². The number of hydrogen-bond acceptors (Lipinski definition) is 10. The maximum absolute atomic E-state index is 13.4. The molecule has 0 aliphatic rings. The minimum absolute atomic E-state index is 0.263. The van der Waals surface area contributed by atoms with Crippen molar-refractivity contribution >= 4 is 48.9 Å². The average molecular weight is 555 g/mol. The molecular weight excluding hydrogens is 512 g/mol. The normalized spacial score (nSPS) is 13.5. The number of nitrogens with one attached hydrogen (secondary N) is 2. The molecule has 4 amide bonds. The molecule has 210 valence electrons. The van der Waals surface area contributed by atoms with Crippen LogP contribution in [0.5, 0.6) is 0 Å². The molecule has 14 heteroatoms. The van der Waals surface area contributed by atoms with E-state index in [1.54, 1.807) is 0 Å². The standard InChI is InChI=1S/C22H42N4O8S2/c1-21(2,13-27)17(31)19(33)25(9-5-15(29)23-7-11-35)26(10-6-16(30)24-8-12-36)20(34)18(32)22(3,4)14-28/h17-18,27-28,31-32,35-36H,5-14H2,1-4H3,(H,23,29)(H,24,30)/t17-,18-/m0/s1. The fourth-order valence-corrected chi connectivity index (χ4v) is 3.03. The molecule has 0 aromatic carbocycles. The number of hydrogen-bond donors (Lipinski definition) is 8. The van der Waals surface area contributed by atoms with E-state index in [1.807, 2.05) is 0 Å². The molecule has 0 aliphatic carbocycles. The van der Waals surface area contributed by atoms with Gasteiger partial charge in [-0.3, -0.25) is 19.2 Å². The molecule has 2 atom stereocenters. The highest BCUT2D eigenvalue weighted by molar-refractivity contribution is 7.80. The summed E-state index contributed by atoms with van der Waals surface area (Å²) in [7, 11) is 0. The Balaban J connectivity index is 6.27. The van der Waals surface area contributed by atoms with Gasteiger partial charge in [-0.05, 0) is 0 Å². The summed E-state index contributed by atoms with van der Waals surface area (Å²) in [6.07, 6.45) is -4.08. The topological polar surface area (TPSA) is 180 Å². The van der Waals surface area contributed by atoms with Crippen LogP contribution in [0, 0.1) is 10.8 Å². The van der Waals surface area contributed by atoms with E-state index in [4.69, 9.17) is 0 Å². The van der Waals surface area contributed by atoms with Gasteiger partial charge < -0.3 is 31.1 Å². The first-order valence-electron chi connectivity index (χ1n) is 11.7. The van der Waals surface area contributed by atoms with Gasteiger partial charge in [0.2, 0.25) is 11.8 Å². The van der Waals surface area contributed by atoms with Crippen LogP contribution in [0.15, 0.2) is 0 Å². The van der Waals surface area contributed by atoms with E-state index in [1.165, 1.54) is 27.7 Å². The van der Waals surface area contributed by atoms with E-state index < -0.39 is 59.9 Å². The highest BCUT2D eigenvalue weighted by atomic mass is 32.1. The summed E-state index contributed by atoms with van der Waals surface area (Å²) in [6.45, 7) is 4.44. The lowest BCUT2D eigenvalue weighted by atomic mass is 9.86. The fourth-order valence-electron chi connectivity index (χ4n) is 2.81. The van der Waals surface area contributed by atoms with Crippen molar-refractivity contribution < 1.29 is 39.6 Å². The van der Waals surface area contributed by atoms with Crippen LogP contribution in [-0.4, -0.2) is 117 Å². The molecule has 0 aromatic rings. The number of aliphatic hydroxyl groups is 4. The molecule has 6 N–H and O–H groups in total. The Hall–Kier alpha value is -1.58. The van der Waals surface area contributed by atoms with E-state index in [9.17, 15) is 39.6 Å².